The topological polar surface area (TPSA) is 100 Å². The molecule has 0 unspecified atom stereocenters. The molecule has 2 aromatic carbocycles. The molecule has 0 radical (unpaired) electrons. The average Bonchev–Trinajstić information content (AvgIpc) is 2.86. The number of hydrogen-bond donors (Lipinski definition) is 1. The Morgan fingerprint density at radius 3 is 2.39 bits per heavy atom. The first-order valence-electron chi connectivity index (χ1n) is 11.3. The van der Waals surface area contributed by atoms with Crippen molar-refractivity contribution in [2.75, 3.05) is 4.90 Å². The number of aryl methyl sites for hydroxylation is 1. The van der Waals surface area contributed by atoms with Gasteiger partial charge in [-0.15, -0.1) is 0 Å². The number of amides is 1. The summed E-state index contributed by atoms with van der Waals surface area (Å²) in [5.74, 6) is 0.438. The minimum Gasteiger partial charge on any atom is -0.487 e. The van der Waals surface area contributed by atoms with Crippen molar-refractivity contribution in [1.82, 2.24) is 4.98 Å². The number of nitrogens with zero attached hydrogens (tertiary/aromatic N) is 4. The van der Waals surface area contributed by atoms with E-state index in [4.69, 9.17) is 21.3 Å². The summed E-state index contributed by atoms with van der Waals surface area (Å²) in [7, 11) is 0. The molecule has 0 atom stereocenters. The zero-order valence-corrected chi connectivity index (χ0v) is 20.8. The SMILES string of the molecule is [C-]#[N+]c1ccc(COc2c(C)ncc(CN(C(=O)OC(C)(C)C)c3ccc(C#N)cc3)c2CO)cc1. The van der Waals surface area contributed by atoms with Gasteiger partial charge in [0.05, 0.1) is 37.1 Å². The smallest absolute Gasteiger partial charge is 0.415 e. The second kappa shape index (κ2) is 11.4. The maximum absolute atomic E-state index is 13.1. The fraction of sp³-hybridized carbons (Fsp3) is 0.286. The predicted octanol–water partition coefficient (Wildman–Crippen LogP) is 5.83. The van der Waals surface area contributed by atoms with Gasteiger partial charge in [-0.25, -0.2) is 9.64 Å². The Hall–Kier alpha value is -4.40. The monoisotopic (exact) mass is 484 g/mol. The summed E-state index contributed by atoms with van der Waals surface area (Å²) in [4.78, 5) is 22.4. The van der Waals surface area contributed by atoms with Crippen LogP contribution in [0.3, 0.4) is 0 Å². The molecular weight excluding hydrogens is 456 g/mol. The van der Waals surface area contributed by atoms with Gasteiger partial charge in [0, 0.05) is 17.4 Å². The van der Waals surface area contributed by atoms with Crippen LogP contribution < -0.4 is 9.64 Å². The lowest BCUT2D eigenvalue weighted by Crippen LogP contribution is -2.36. The molecule has 0 fully saturated rings. The van der Waals surface area contributed by atoms with E-state index in [2.05, 4.69) is 15.9 Å². The lowest BCUT2D eigenvalue weighted by molar-refractivity contribution is 0.0577. The number of aromatic nitrogens is 1. The number of rotatable bonds is 7. The lowest BCUT2D eigenvalue weighted by Gasteiger charge is -2.28. The van der Waals surface area contributed by atoms with Crippen LogP contribution in [0, 0.1) is 24.8 Å². The fourth-order valence-corrected chi connectivity index (χ4v) is 3.46. The van der Waals surface area contributed by atoms with Crippen LogP contribution in [0.5, 0.6) is 5.75 Å². The number of nitriles is 1. The van der Waals surface area contributed by atoms with E-state index < -0.39 is 11.7 Å². The number of ether oxygens (including phenoxy) is 2. The number of anilines is 1. The predicted molar refractivity (Wildman–Crippen MR) is 136 cm³/mol. The van der Waals surface area contributed by atoms with E-state index in [1.807, 2.05) is 12.1 Å². The Bertz CT molecular complexity index is 1300. The summed E-state index contributed by atoms with van der Waals surface area (Å²) in [6.07, 6.45) is 1.04. The largest absolute Gasteiger partial charge is 0.487 e. The Balaban J connectivity index is 1.94. The highest BCUT2D eigenvalue weighted by molar-refractivity contribution is 5.88. The van der Waals surface area contributed by atoms with Crippen molar-refractivity contribution >= 4 is 17.5 Å². The molecule has 0 spiro atoms. The molecule has 0 saturated heterocycles. The summed E-state index contributed by atoms with van der Waals surface area (Å²) >= 11 is 0. The first kappa shape index (κ1) is 26.2. The van der Waals surface area contributed by atoms with Crippen molar-refractivity contribution in [2.45, 2.75) is 53.1 Å². The zero-order chi connectivity index (χ0) is 26.3. The van der Waals surface area contributed by atoms with Crippen molar-refractivity contribution in [2.24, 2.45) is 0 Å². The molecule has 0 aliphatic heterocycles. The number of aliphatic hydroxyl groups excluding tert-OH is 1. The van der Waals surface area contributed by atoms with Crippen LogP contribution in [-0.4, -0.2) is 21.8 Å². The van der Waals surface area contributed by atoms with Crippen LogP contribution >= 0.6 is 0 Å². The summed E-state index contributed by atoms with van der Waals surface area (Å²) in [6, 6.07) is 15.7. The minimum atomic E-state index is -0.718. The van der Waals surface area contributed by atoms with E-state index in [-0.39, 0.29) is 19.8 Å². The average molecular weight is 485 g/mol. The van der Waals surface area contributed by atoms with Crippen molar-refractivity contribution in [1.29, 1.82) is 5.26 Å². The highest BCUT2D eigenvalue weighted by Crippen LogP contribution is 2.30. The number of carbonyl (C=O) groups excluding carboxylic acids is 1. The van der Waals surface area contributed by atoms with E-state index in [0.717, 1.165) is 5.56 Å². The Morgan fingerprint density at radius 2 is 1.83 bits per heavy atom. The van der Waals surface area contributed by atoms with Gasteiger partial charge in [0.15, 0.2) is 5.69 Å². The molecule has 0 bridgehead atoms. The molecule has 36 heavy (non-hydrogen) atoms. The van der Waals surface area contributed by atoms with Crippen molar-refractivity contribution in [3.63, 3.8) is 0 Å². The molecule has 1 heterocycles. The third kappa shape index (κ3) is 6.59. The molecule has 8 nitrogen and oxygen atoms in total. The number of carbonyl (C=O) groups is 1. The van der Waals surface area contributed by atoms with Gasteiger partial charge in [0.2, 0.25) is 0 Å². The first-order valence-corrected chi connectivity index (χ1v) is 11.3. The maximum atomic E-state index is 13.1. The number of aliphatic hydroxyl groups is 1. The summed E-state index contributed by atoms with van der Waals surface area (Å²) in [5.41, 5.74) is 3.40. The number of benzene rings is 2. The van der Waals surface area contributed by atoms with E-state index >= 15 is 0 Å². The van der Waals surface area contributed by atoms with Crippen molar-refractivity contribution < 1.29 is 19.4 Å². The normalized spacial score (nSPS) is 10.8. The van der Waals surface area contributed by atoms with Crippen LogP contribution in [-0.2, 0) is 24.5 Å². The molecule has 0 saturated carbocycles. The number of pyridine rings is 1. The van der Waals surface area contributed by atoms with Crippen LogP contribution in [0.2, 0.25) is 0 Å². The van der Waals surface area contributed by atoms with Gasteiger partial charge in [0.1, 0.15) is 18.0 Å². The van der Waals surface area contributed by atoms with Gasteiger partial charge in [-0.1, -0.05) is 24.3 Å². The highest BCUT2D eigenvalue weighted by atomic mass is 16.6. The third-order valence-electron chi connectivity index (χ3n) is 5.26. The van der Waals surface area contributed by atoms with Gasteiger partial charge in [-0.3, -0.25) is 9.88 Å². The molecule has 1 amide bonds. The van der Waals surface area contributed by atoms with Crippen LogP contribution in [0.1, 0.15) is 48.7 Å². The summed E-state index contributed by atoms with van der Waals surface area (Å²) < 4.78 is 11.7. The first-order chi connectivity index (χ1) is 17.1. The van der Waals surface area contributed by atoms with Crippen LogP contribution in [0.4, 0.5) is 16.2 Å². The van der Waals surface area contributed by atoms with Gasteiger partial charge in [0.25, 0.3) is 0 Å². The minimum absolute atomic E-state index is 0.0695. The Labute approximate surface area is 211 Å². The van der Waals surface area contributed by atoms with Gasteiger partial charge in [-0.05, 0) is 63.1 Å². The molecule has 1 N–H and O–H groups in total. The molecule has 3 rings (SSSR count). The third-order valence-corrected chi connectivity index (χ3v) is 5.26. The highest BCUT2D eigenvalue weighted by Gasteiger charge is 2.26. The molecule has 0 aliphatic rings. The standard InChI is InChI=1S/C28H28N4O4/c1-19-26(35-18-21-6-10-23(30-5)11-7-21)25(17-33)22(15-31-19)16-32(27(34)36-28(2,3)4)24-12-8-20(14-29)9-13-24/h6-13,15,33H,16-18H2,1-4H3. The van der Waals surface area contributed by atoms with Crippen molar-refractivity contribution in [3.8, 4) is 11.8 Å². The summed E-state index contributed by atoms with van der Waals surface area (Å²) in [6.45, 7) is 14.2. The Kier molecular flexibility index (Phi) is 8.26. The second-order valence-corrected chi connectivity index (χ2v) is 9.13. The summed E-state index contributed by atoms with van der Waals surface area (Å²) in [5, 5.41) is 19.4. The van der Waals surface area contributed by atoms with E-state index in [1.165, 1.54) is 4.90 Å². The van der Waals surface area contributed by atoms with Crippen molar-refractivity contribution in [3.05, 3.63) is 94.1 Å². The molecule has 0 aliphatic carbocycles. The Morgan fingerprint density at radius 1 is 1.17 bits per heavy atom. The molecule has 184 valence electrons. The quantitative estimate of drug-likeness (QED) is 0.424. The maximum Gasteiger partial charge on any atom is 0.415 e. The van der Waals surface area contributed by atoms with E-state index in [0.29, 0.717) is 39.5 Å². The molecule has 1 aromatic heterocycles. The van der Waals surface area contributed by atoms with Crippen LogP contribution in [0.15, 0.2) is 54.7 Å². The molecule has 3 aromatic rings. The fourth-order valence-electron chi connectivity index (χ4n) is 3.46. The second-order valence-electron chi connectivity index (χ2n) is 9.13. The van der Waals surface area contributed by atoms with Crippen LogP contribution in [0.25, 0.3) is 4.85 Å². The molecular formula is C28H28N4O4. The number of hydrogen-bond acceptors (Lipinski definition) is 6. The van der Waals surface area contributed by atoms with E-state index in [1.54, 1.807) is 70.3 Å². The zero-order valence-electron chi connectivity index (χ0n) is 20.8. The van der Waals surface area contributed by atoms with Gasteiger partial charge >= 0.3 is 6.09 Å². The van der Waals surface area contributed by atoms with Gasteiger partial charge < -0.3 is 14.6 Å². The lowest BCUT2D eigenvalue weighted by atomic mass is 10.1. The van der Waals surface area contributed by atoms with Gasteiger partial charge in [-0.2, -0.15) is 5.26 Å². The van der Waals surface area contributed by atoms with E-state index in [9.17, 15) is 9.90 Å². The molecule has 8 heteroatoms.